The number of unbranched alkanes of at least 4 members (excludes halogenated alkanes) is 1. The van der Waals surface area contributed by atoms with Crippen molar-refractivity contribution < 1.29 is 23.9 Å². The number of carbonyl (C=O) groups is 4. The SMILES string of the molecule is CCCCc1ccc(CN2C(=O)c3ccc4c5c(C#N)cc6c7c(ccc(c8c(C#N)cc(c3c48)C2=O)c75)C(=O)OC6=O)cc1. The number of ether oxygens (including phenoxy) is 1. The van der Waals surface area contributed by atoms with E-state index in [1.165, 1.54) is 22.6 Å². The van der Waals surface area contributed by atoms with E-state index >= 15 is 0 Å². The van der Waals surface area contributed by atoms with Gasteiger partial charge in [0, 0.05) is 37.9 Å². The van der Waals surface area contributed by atoms with Crippen molar-refractivity contribution >= 4 is 66.8 Å². The molecule has 2 aliphatic heterocycles. The molecular formula is C37H21N3O5. The second kappa shape index (κ2) is 9.44. The van der Waals surface area contributed by atoms with Gasteiger partial charge in [-0.2, -0.15) is 10.5 Å². The largest absolute Gasteiger partial charge is 0.386 e. The van der Waals surface area contributed by atoms with Gasteiger partial charge in [-0.3, -0.25) is 14.5 Å². The van der Waals surface area contributed by atoms with Crippen LogP contribution in [0.3, 0.4) is 0 Å². The molecule has 6 aromatic carbocycles. The van der Waals surface area contributed by atoms with Gasteiger partial charge in [0.05, 0.1) is 46.5 Å². The van der Waals surface area contributed by atoms with E-state index in [9.17, 15) is 29.7 Å². The molecule has 2 amide bonds. The summed E-state index contributed by atoms with van der Waals surface area (Å²) in [6, 6.07) is 21.8. The quantitative estimate of drug-likeness (QED) is 0.0703. The molecule has 45 heavy (non-hydrogen) atoms. The third-order valence-corrected chi connectivity index (χ3v) is 9.10. The van der Waals surface area contributed by atoms with E-state index in [0.29, 0.717) is 48.7 Å². The first-order valence-corrected chi connectivity index (χ1v) is 14.6. The summed E-state index contributed by atoms with van der Waals surface area (Å²) < 4.78 is 4.94. The summed E-state index contributed by atoms with van der Waals surface area (Å²) in [7, 11) is 0. The van der Waals surface area contributed by atoms with Crippen LogP contribution in [0.2, 0.25) is 0 Å². The Bertz CT molecular complexity index is 2460. The fraction of sp³-hybridized carbons (Fsp3) is 0.135. The highest BCUT2D eigenvalue weighted by atomic mass is 16.6. The molecule has 214 valence electrons. The van der Waals surface area contributed by atoms with Gasteiger partial charge in [-0.05, 0) is 59.0 Å². The maximum absolute atomic E-state index is 14.0. The monoisotopic (exact) mass is 587 g/mol. The minimum atomic E-state index is -0.851. The fourth-order valence-corrected chi connectivity index (χ4v) is 7.06. The number of carbonyl (C=O) groups excluding carboxylic acids is 4. The van der Waals surface area contributed by atoms with Crippen molar-refractivity contribution in [2.24, 2.45) is 0 Å². The lowest BCUT2D eigenvalue weighted by atomic mass is 9.80. The Labute approximate surface area is 256 Å². The number of hydrogen-bond donors (Lipinski definition) is 0. The lowest BCUT2D eigenvalue weighted by Gasteiger charge is -2.29. The zero-order valence-corrected chi connectivity index (χ0v) is 24.0. The number of amides is 2. The summed E-state index contributed by atoms with van der Waals surface area (Å²) in [6.45, 7) is 2.22. The molecule has 2 heterocycles. The molecule has 0 saturated heterocycles. The van der Waals surface area contributed by atoms with Crippen LogP contribution in [0.1, 0.15) is 83.5 Å². The summed E-state index contributed by atoms with van der Waals surface area (Å²) >= 11 is 0. The second-order valence-electron chi connectivity index (χ2n) is 11.5. The summed E-state index contributed by atoms with van der Waals surface area (Å²) in [5, 5.41) is 24.4. The molecule has 2 aliphatic rings. The van der Waals surface area contributed by atoms with Gasteiger partial charge < -0.3 is 4.74 Å². The number of hydrogen-bond acceptors (Lipinski definition) is 7. The average molecular weight is 588 g/mol. The molecule has 8 nitrogen and oxygen atoms in total. The average Bonchev–Trinajstić information content (AvgIpc) is 3.06. The molecule has 8 heteroatoms. The summed E-state index contributed by atoms with van der Waals surface area (Å²) in [6.07, 6.45) is 3.13. The molecule has 0 saturated carbocycles. The standard InChI is InChI=1S/C37H21N3O5/c1-2-3-4-18-5-7-19(8-6-18)17-40-34(41)24-11-9-22-29-21(16-39)14-27-31-25(36(43)45-37(27)44)12-10-23(33(29)31)28-20(15-38)13-26(35(40)42)30(24)32(22)28/h5-14H,2-4,17H2,1H3. The third kappa shape index (κ3) is 3.51. The normalized spacial score (nSPS) is 14.1. The number of cyclic esters (lactones) is 2. The molecule has 0 aliphatic carbocycles. The van der Waals surface area contributed by atoms with E-state index in [0.717, 1.165) is 24.8 Å². The van der Waals surface area contributed by atoms with Gasteiger partial charge in [0.25, 0.3) is 11.8 Å². The van der Waals surface area contributed by atoms with E-state index in [4.69, 9.17) is 4.74 Å². The van der Waals surface area contributed by atoms with Crippen molar-refractivity contribution in [3.63, 3.8) is 0 Å². The fourth-order valence-electron chi connectivity index (χ4n) is 7.06. The predicted octanol–water partition coefficient (Wildman–Crippen LogP) is 6.93. The van der Waals surface area contributed by atoms with Crippen LogP contribution in [-0.2, 0) is 17.7 Å². The van der Waals surface area contributed by atoms with Crippen molar-refractivity contribution in [1.82, 2.24) is 4.90 Å². The van der Waals surface area contributed by atoms with Crippen molar-refractivity contribution in [2.45, 2.75) is 32.7 Å². The van der Waals surface area contributed by atoms with Gasteiger partial charge in [-0.25, -0.2) is 9.59 Å². The molecular weight excluding hydrogens is 566 g/mol. The van der Waals surface area contributed by atoms with Crippen LogP contribution in [0.4, 0.5) is 0 Å². The maximum atomic E-state index is 14.0. The van der Waals surface area contributed by atoms with Gasteiger partial charge in [0.2, 0.25) is 0 Å². The second-order valence-corrected chi connectivity index (χ2v) is 11.5. The zero-order chi connectivity index (χ0) is 31.1. The van der Waals surface area contributed by atoms with Gasteiger partial charge in [0.1, 0.15) is 0 Å². The Morgan fingerprint density at radius 1 is 0.622 bits per heavy atom. The molecule has 0 aromatic heterocycles. The number of esters is 2. The number of nitrogens with zero attached hydrogens (tertiary/aromatic N) is 3. The molecule has 0 fully saturated rings. The van der Waals surface area contributed by atoms with Crippen LogP contribution in [-0.4, -0.2) is 28.7 Å². The van der Waals surface area contributed by atoms with Crippen LogP contribution < -0.4 is 0 Å². The Morgan fingerprint density at radius 2 is 1.16 bits per heavy atom. The van der Waals surface area contributed by atoms with Crippen molar-refractivity contribution in [3.8, 4) is 12.1 Å². The molecule has 0 unspecified atom stereocenters. The van der Waals surface area contributed by atoms with E-state index in [1.807, 2.05) is 24.3 Å². The lowest BCUT2D eigenvalue weighted by Crippen LogP contribution is -2.39. The molecule has 0 N–H and O–H groups in total. The van der Waals surface area contributed by atoms with Gasteiger partial charge >= 0.3 is 11.9 Å². The van der Waals surface area contributed by atoms with Gasteiger partial charge in [-0.15, -0.1) is 0 Å². The number of rotatable bonds is 5. The van der Waals surface area contributed by atoms with Crippen LogP contribution in [0, 0.1) is 22.7 Å². The third-order valence-electron chi connectivity index (χ3n) is 9.10. The first kappa shape index (κ1) is 26.5. The van der Waals surface area contributed by atoms with E-state index in [-0.39, 0.29) is 34.4 Å². The van der Waals surface area contributed by atoms with E-state index in [2.05, 4.69) is 19.1 Å². The minimum Gasteiger partial charge on any atom is -0.386 e. The van der Waals surface area contributed by atoms with Crippen LogP contribution in [0.25, 0.3) is 43.1 Å². The lowest BCUT2D eigenvalue weighted by molar-refractivity contribution is 0.0390. The van der Waals surface area contributed by atoms with Crippen LogP contribution in [0.5, 0.6) is 0 Å². The van der Waals surface area contributed by atoms with Crippen molar-refractivity contribution in [3.05, 3.63) is 105 Å². The molecule has 0 spiro atoms. The smallest absolute Gasteiger partial charge is 0.346 e. The summed E-state index contributed by atoms with van der Waals surface area (Å²) in [5.41, 5.74) is 3.20. The van der Waals surface area contributed by atoms with Crippen LogP contribution >= 0.6 is 0 Å². The maximum Gasteiger partial charge on any atom is 0.346 e. The molecule has 8 rings (SSSR count). The highest BCUT2D eigenvalue weighted by Crippen LogP contribution is 2.48. The first-order chi connectivity index (χ1) is 21.9. The molecule has 0 radical (unpaired) electrons. The number of nitriles is 2. The highest BCUT2D eigenvalue weighted by molar-refractivity contribution is 6.42. The minimum absolute atomic E-state index is 0.0778. The van der Waals surface area contributed by atoms with Crippen molar-refractivity contribution in [1.29, 1.82) is 10.5 Å². The number of aryl methyl sites for hydroxylation is 1. The van der Waals surface area contributed by atoms with Gasteiger partial charge in [0.15, 0.2) is 0 Å². The van der Waals surface area contributed by atoms with E-state index < -0.39 is 23.8 Å². The Kier molecular flexibility index (Phi) is 5.56. The Balaban J connectivity index is 1.41. The number of imide groups is 1. The predicted molar refractivity (Wildman–Crippen MR) is 166 cm³/mol. The highest BCUT2D eigenvalue weighted by Gasteiger charge is 2.37. The summed E-state index contributed by atoms with van der Waals surface area (Å²) in [4.78, 5) is 54.7. The Morgan fingerprint density at radius 3 is 1.78 bits per heavy atom. The summed E-state index contributed by atoms with van der Waals surface area (Å²) in [5.74, 6) is -2.60. The zero-order valence-electron chi connectivity index (χ0n) is 24.0. The molecule has 6 aromatic rings. The van der Waals surface area contributed by atoms with Crippen LogP contribution in [0.15, 0.2) is 60.7 Å². The Hall–Kier alpha value is -6.12. The molecule has 0 atom stereocenters. The van der Waals surface area contributed by atoms with Crippen molar-refractivity contribution in [2.75, 3.05) is 0 Å². The van der Waals surface area contributed by atoms with Gasteiger partial charge in [-0.1, -0.05) is 49.7 Å². The number of benzene rings is 6. The first-order valence-electron chi connectivity index (χ1n) is 14.6. The van der Waals surface area contributed by atoms with E-state index in [1.54, 1.807) is 24.3 Å². The topological polar surface area (TPSA) is 128 Å². The number of fused-ring (bicyclic) bond motifs is 2. The molecule has 0 bridgehead atoms.